The molecule has 0 amide bonds. The first-order valence-corrected chi connectivity index (χ1v) is 4.48. The average molecular weight is 174 g/mol. The highest BCUT2D eigenvalue weighted by Gasteiger charge is 1.90. The van der Waals surface area contributed by atoms with E-state index in [1.54, 1.807) is 0 Å². The summed E-state index contributed by atoms with van der Waals surface area (Å²) in [5.74, 6) is 2.44. The molecule has 0 aliphatic rings. The lowest BCUT2D eigenvalue weighted by molar-refractivity contribution is 0.164. The standard InChI is InChI=1S/C12H14O/c1-2-10-13-11-6-9-12-7-4-3-5-8-12/h1,3-5,7-8H,6,9-11H2. The summed E-state index contributed by atoms with van der Waals surface area (Å²) in [5.41, 5.74) is 1.35. The summed E-state index contributed by atoms with van der Waals surface area (Å²) >= 11 is 0. The Balaban J connectivity index is 2.11. The lowest BCUT2D eigenvalue weighted by atomic mass is 10.1. The molecule has 0 N–H and O–H groups in total. The molecule has 0 fully saturated rings. The minimum absolute atomic E-state index is 0.425. The second kappa shape index (κ2) is 6.28. The topological polar surface area (TPSA) is 9.23 Å². The van der Waals surface area contributed by atoms with Crippen LogP contribution in [0.1, 0.15) is 12.0 Å². The van der Waals surface area contributed by atoms with Gasteiger partial charge in [0, 0.05) is 6.61 Å². The van der Waals surface area contributed by atoms with Crippen molar-refractivity contribution in [1.29, 1.82) is 0 Å². The Morgan fingerprint density at radius 2 is 2.00 bits per heavy atom. The second-order valence-corrected chi connectivity index (χ2v) is 2.85. The summed E-state index contributed by atoms with van der Waals surface area (Å²) in [6.45, 7) is 1.17. The fraction of sp³-hybridized carbons (Fsp3) is 0.333. The van der Waals surface area contributed by atoms with E-state index in [0.29, 0.717) is 6.61 Å². The molecule has 1 rings (SSSR count). The fourth-order valence-electron chi connectivity index (χ4n) is 1.15. The summed E-state index contributed by atoms with van der Waals surface area (Å²) in [4.78, 5) is 0. The molecule has 0 radical (unpaired) electrons. The van der Waals surface area contributed by atoms with Crippen molar-refractivity contribution in [3.63, 3.8) is 0 Å². The van der Waals surface area contributed by atoms with Crippen LogP contribution in [-0.4, -0.2) is 13.2 Å². The molecule has 0 aliphatic heterocycles. The van der Waals surface area contributed by atoms with Gasteiger partial charge in [-0.25, -0.2) is 0 Å². The molecule has 0 aliphatic carbocycles. The van der Waals surface area contributed by atoms with Gasteiger partial charge in [0.2, 0.25) is 0 Å². The Morgan fingerprint density at radius 1 is 1.23 bits per heavy atom. The van der Waals surface area contributed by atoms with Crippen LogP contribution in [0.3, 0.4) is 0 Å². The van der Waals surface area contributed by atoms with Crippen LogP contribution in [-0.2, 0) is 11.2 Å². The van der Waals surface area contributed by atoms with Gasteiger partial charge in [0.05, 0.1) is 0 Å². The van der Waals surface area contributed by atoms with Gasteiger partial charge in [-0.3, -0.25) is 0 Å². The molecule has 0 saturated carbocycles. The van der Waals surface area contributed by atoms with Crippen LogP contribution in [0.4, 0.5) is 0 Å². The van der Waals surface area contributed by atoms with Crippen molar-refractivity contribution < 1.29 is 4.74 Å². The average Bonchev–Trinajstić information content (AvgIpc) is 2.19. The van der Waals surface area contributed by atoms with E-state index in [1.165, 1.54) is 5.56 Å². The normalized spacial score (nSPS) is 9.46. The molecule has 68 valence electrons. The predicted molar refractivity (Wildman–Crippen MR) is 54.4 cm³/mol. The third-order valence-electron chi connectivity index (χ3n) is 1.78. The van der Waals surface area contributed by atoms with Crippen LogP contribution in [0.5, 0.6) is 0 Å². The number of aryl methyl sites for hydroxylation is 1. The number of hydrogen-bond acceptors (Lipinski definition) is 1. The maximum Gasteiger partial charge on any atom is 0.107 e. The van der Waals surface area contributed by atoms with Crippen molar-refractivity contribution >= 4 is 0 Å². The van der Waals surface area contributed by atoms with E-state index in [9.17, 15) is 0 Å². The van der Waals surface area contributed by atoms with E-state index in [-0.39, 0.29) is 0 Å². The van der Waals surface area contributed by atoms with Gasteiger partial charge in [-0.05, 0) is 18.4 Å². The third kappa shape index (κ3) is 4.35. The van der Waals surface area contributed by atoms with E-state index in [4.69, 9.17) is 11.2 Å². The van der Waals surface area contributed by atoms with Crippen molar-refractivity contribution in [2.75, 3.05) is 13.2 Å². The first-order chi connectivity index (χ1) is 6.43. The molecule has 1 nitrogen and oxygen atoms in total. The van der Waals surface area contributed by atoms with Gasteiger partial charge in [-0.1, -0.05) is 36.3 Å². The molecule has 0 bridgehead atoms. The summed E-state index contributed by atoms with van der Waals surface area (Å²) in [7, 11) is 0. The first kappa shape index (κ1) is 9.83. The van der Waals surface area contributed by atoms with Gasteiger partial charge < -0.3 is 4.74 Å². The Labute approximate surface area is 79.7 Å². The van der Waals surface area contributed by atoms with Crippen molar-refractivity contribution in [3.8, 4) is 12.3 Å². The van der Waals surface area contributed by atoms with E-state index in [1.807, 2.05) is 6.07 Å². The number of ether oxygens (including phenoxy) is 1. The van der Waals surface area contributed by atoms with E-state index in [0.717, 1.165) is 19.4 Å². The minimum Gasteiger partial charge on any atom is -0.369 e. The number of rotatable bonds is 5. The summed E-state index contributed by atoms with van der Waals surface area (Å²) in [5, 5.41) is 0. The Bertz CT molecular complexity index is 258. The zero-order valence-corrected chi connectivity index (χ0v) is 7.70. The van der Waals surface area contributed by atoms with Crippen LogP contribution < -0.4 is 0 Å². The largest absolute Gasteiger partial charge is 0.369 e. The summed E-state index contributed by atoms with van der Waals surface area (Å²) < 4.78 is 5.17. The predicted octanol–water partition coefficient (Wildman–Crippen LogP) is 2.27. The van der Waals surface area contributed by atoms with Gasteiger partial charge in [0.25, 0.3) is 0 Å². The fourth-order valence-corrected chi connectivity index (χ4v) is 1.15. The molecule has 0 aromatic heterocycles. The highest BCUT2D eigenvalue weighted by molar-refractivity contribution is 5.14. The number of terminal acetylenes is 1. The maximum absolute atomic E-state index is 5.17. The zero-order chi connectivity index (χ0) is 9.36. The monoisotopic (exact) mass is 174 g/mol. The number of hydrogen-bond donors (Lipinski definition) is 0. The van der Waals surface area contributed by atoms with Gasteiger partial charge in [0.1, 0.15) is 6.61 Å². The molecule has 0 heterocycles. The molecule has 0 spiro atoms. The second-order valence-electron chi connectivity index (χ2n) is 2.85. The molecule has 1 aromatic carbocycles. The van der Waals surface area contributed by atoms with Crippen molar-refractivity contribution in [2.24, 2.45) is 0 Å². The molecule has 0 atom stereocenters. The van der Waals surface area contributed by atoms with Crippen LogP contribution >= 0.6 is 0 Å². The Kier molecular flexibility index (Phi) is 4.74. The van der Waals surface area contributed by atoms with Gasteiger partial charge in [-0.15, -0.1) is 6.42 Å². The van der Waals surface area contributed by atoms with Crippen LogP contribution in [0.25, 0.3) is 0 Å². The van der Waals surface area contributed by atoms with Gasteiger partial charge in [-0.2, -0.15) is 0 Å². The van der Waals surface area contributed by atoms with Crippen LogP contribution in [0.15, 0.2) is 30.3 Å². The van der Waals surface area contributed by atoms with Crippen LogP contribution in [0, 0.1) is 12.3 Å². The number of benzene rings is 1. The zero-order valence-electron chi connectivity index (χ0n) is 7.70. The minimum atomic E-state index is 0.425. The van der Waals surface area contributed by atoms with Crippen LogP contribution in [0.2, 0.25) is 0 Å². The molecule has 13 heavy (non-hydrogen) atoms. The van der Waals surface area contributed by atoms with Crippen molar-refractivity contribution in [2.45, 2.75) is 12.8 Å². The lowest BCUT2D eigenvalue weighted by Crippen LogP contribution is -1.96. The van der Waals surface area contributed by atoms with E-state index in [2.05, 4.69) is 30.2 Å². The lowest BCUT2D eigenvalue weighted by Gasteiger charge is -2.00. The Hall–Kier alpha value is -1.26. The molecule has 0 unspecified atom stereocenters. The Morgan fingerprint density at radius 3 is 2.69 bits per heavy atom. The molecule has 1 heteroatoms. The first-order valence-electron chi connectivity index (χ1n) is 4.48. The quantitative estimate of drug-likeness (QED) is 0.491. The third-order valence-corrected chi connectivity index (χ3v) is 1.78. The van der Waals surface area contributed by atoms with Gasteiger partial charge in [0.15, 0.2) is 0 Å². The van der Waals surface area contributed by atoms with Gasteiger partial charge >= 0.3 is 0 Å². The smallest absolute Gasteiger partial charge is 0.107 e. The van der Waals surface area contributed by atoms with E-state index >= 15 is 0 Å². The highest BCUT2D eigenvalue weighted by atomic mass is 16.5. The molecular weight excluding hydrogens is 160 g/mol. The molecule has 1 aromatic rings. The molecular formula is C12H14O. The molecule has 0 saturated heterocycles. The summed E-state index contributed by atoms with van der Waals surface area (Å²) in [6.07, 6.45) is 7.14. The summed E-state index contributed by atoms with van der Waals surface area (Å²) in [6, 6.07) is 10.4. The maximum atomic E-state index is 5.17. The van der Waals surface area contributed by atoms with Crippen molar-refractivity contribution in [1.82, 2.24) is 0 Å². The highest BCUT2D eigenvalue weighted by Crippen LogP contribution is 2.01. The van der Waals surface area contributed by atoms with Crippen molar-refractivity contribution in [3.05, 3.63) is 35.9 Å². The SMILES string of the molecule is C#CCOCCCc1ccccc1. The van der Waals surface area contributed by atoms with E-state index < -0.39 is 0 Å².